The topological polar surface area (TPSA) is 67.4 Å². The summed E-state index contributed by atoms with van der Waals surface area (Å²) in [5, 5.41) is 6.56. The van der Waals surface area contributed by atoms with Gasteiger partial charge >= 0.3 is 0 Å². The number of benzene rings is 2. The van der Waals surface area contributed by atoms with Gasteiger partial charge in [0.2, 0.25) is 0 Å². The molecule has 0 radical (unpaired) electrons. The van der Waals surface area contributed by atoms with Gasteiger partial charge in [-0.05, 0) is 54.8 Å². The Labute approximate surface area is 175 Å². The van der Waals surface area contributed by atoms with Gasteiger partial charge in [0.15, 0.2) is 11.5 Å². The zero-order valence-corrected chi connectivity index (χ0v) is 16.8. The number of hydrogen-bond acceptors (Lipinski definition) is 3. The Morgan fingerprint density at radius 1 is 1.07 bits per heavy atom. The van der Waals surface area contributed by atoms with E-state index < -0.39 is 0 Å². The van der Waals surface area contributed by atoms with E-state index in [-0.39, 0.29) is 23.6 Å². The first-order chi connectivity index (χ1) is 14.1. The van der Waals surface area contributed by atoms with E-state index in [4.69, 9.17) is 16.3 Å². The molecule has 1 aliphatic carbocycles. The highest BCUT2D eigenvalue weighted by atomic mass is 35.5. The molecule has 150 valence electrons. The van der Waals surface area contributed by atoms with Gasteiger partial charge in [0.1, 0.15) is 0 Å². The van der Waals surface area contributed by atoms with Crippen molar-refractivity contribution in [3.63, 3.8) is 0 Å². The van der Waals surface area contributed by atoms with Gasteiger partial charge in [-0.25, -0.2) is 0 Å². The van der Waals surface area contributed by atoms with Crippen molar-refractivity contribution in [2.24, 2.45) is 0 Å². The lowest BCUT2D eigenvalue weighted by molar-refractivity contribution is -0.115. The number of nitrogens with one attached hydrogen (secondary N) is 2. The number of anilines is 1. The van der Waals surface area contributed by atoms with E-state index in [9.17, 15) is 9.59 Å². The number of amides is 2. The Kier molecular flexibility index (Phi) is 5.86. The minimum absolute atomic E-state index is 0.114. The van der Waals surface area contributed by atoms with Gasteiger partial charge in [-0.1, -0.05) is 49.4 Å². The van der Waals surface area contributed by atoms with Crippen LogP contribution in [0.25, 0.3) is 6.08 Å². The molecule has 6 heteroatoms. The zero-order chi connectivity index (χ0) is 20.2. The van der Waals surface area contributed by atoms with Crippen LogP contribution in [-0.2, 0) is 4.79 Å². The van der Waals surface area contributed by atoms with Crippen LogP contribution in [0.2, 0.25) is 5.02 Å². The Bertz CT molecular complexity index is 945. The summed E-state index contributed by atoms with van der Waals surface area (Å²) in [6.07, 6.45) is 8.48. The second kappa shape index (κ2) is 8.70. The lowest BCUT2D eigenvalue weighted by Gasteiger charge is -2.21. The number of hydrogen-bond donors (Lipinski definition) is 2. The van der Waals surface area contributed by atoms with E-state index in [0.29, 0.717) is 22.0 Å². The van der Waals surface area contributed by atoms with E-state index in [0.717, 1.165) is 31.2 Å². The van der Waals surface area contributed by atoms with Crippen molar-refractivity contribution in [1.82, 2.24) is 5.32 Å². The van der Waals surface area contributed by atoms with Crippen LogP contribution in [0.15, 0.2) is 48.2 Å². The normalized spacial score (nSPS) is 18.4. The highest BCUT2D eigenvalue weighted by Crippen LogP contribution is 2.32. The summed E-state index contributed by atoms with van der Waals surface area (Å²) in [5.74, 6) is 0.233. The van der Waals surface area contributed by atoms with Gasteiger partial charge in [0.05, 0.1) is 5.69 Å². The summed E-state index contributed by atoms with van der Waals surface area (Å²) in [7, 11) is 0. The Hall–Kier alpha value is -2.79. The van der Waals surface area contributed by atoms with Crippen molar-refractivity contribution in [3.05, 3.63) is 64.4 Å². The highest BCUT2D eigenvalue weighted by molar-refractivity contribution is 6.30. The number of ether oxygens (including phenoxy) is 1. The summed E-state index contributed by atoms with van der Waals surface area (Å²) in [5.41, 5.74) is 1.82. The van der Waals surface area contributed by atoms with Crippen LogP contribution in [0.4, 0.5) is 5.69 Å². The van der Waals surface area contributed by atoms with Gasteiger partial charge in [-0.2, -0.15) is 0 Å². The molecule has 2 aromatic rings. The average Bonchev–Trinajstić information content (AvgIpc) is 2.98. The second-order valence-corrected chi connectivity index (χ2v) is 7.93. The van der Waals surface area contributed by atoms with Gasteiger partial charge in [-0.3, -0.25) is 9.59 Å². The molecular weight excluding hydrogens is 388 g/mol. The Morgan fingerprint density at radius 3 is 2.52 bits per heavy atom. The Balaban J connectivity index is 1.48. The van der Waals surface area contributed by atoms with Crippen molar-refractivity contribution < 1.29 is 14.3 Å². The van der Waals surface area contributed by atoms with Crippen molar-refractivity contribution in [1.29, 1.82) is 0 Å². The SMILES string of the molecule is O=C1Nc2cc(C(=O)NC3CCCCCC3)ccc2OC1=Cc1ccc(Cl)cc1. The first-order valence-corrected chi connectivity index (χ1v) is 10.4. The van der Waals surface area contributed by atoms with Crippen LogP contribution in [0.5, 0.6) is 5.75 Å². The highest BCUT2D eigenvalue weighted by Gasteiger charge is 2.24. The van der Waals surface area contributed by atoms with Gasteiger partial charge in [0.25, 0.3) is 11.8 Å². The van der Waals surface area contributed by atoms with Crippen molar-refractivity contribution in [2.45, 2.75) is 44.6 Å². The number of halogens is 1. The summed E-state index contributed by atoms with van der Waals surface area (Å²) >= 11 is 5.90. The fraction of sp³-hybridized carbons (Fsp3) is 0.304. The molecule has 0 aromatic heterocycles. The van der Waals surface area contributed by atoms with E-state index in [1.165, 1.54) is 12.8 Å². The summed E-state index contributed by atoms with van der Waals surface area (Å²) in [4.78, 5) is 25.1. The third kappa shape index (κ3) is 4.80. The summed E-state index contributed by atoms with van der Waals surface area (Å²) in [6, 6.07) is 12.4. The maximum atomic E-state index is 12.6. The molecule has 0 saturated heterocycles. The number of carbonyl (C=O) groups is 2. The molecule has 1 aliphatic heterocycles. The van der Waals surface area contributed by atoms with Gasteiger partial charge in [0, 0.05) is 16.6 Å². The first-order valence-electron chi connectivity index (χ1n) is 10.00. The van der Waals surface area contributed by atoms with E-state index in [2.05, 4.69) is 10.6 Å². The molecule has 29 heavy (non-hydrogen) atoms. The minimum atomic E-state index is -0.353. The van der Waals surface area contributed by atoms with Gasteiger partial charge in [-0.15, -0.1) is 0 Å². The molecule has 2 amide bonds. The summed E-state index contributed by atoms with van der Waals surface area (Å²) in [6.45, 7) is 0. The third-order valence-corrected chi connectivity index (χ3v) is 5.54. The molecule has 1 fully saturated rings. The fourth-order valence-electron chi connectivity index (χ4n) is 3.70. The van der Waals surface area contributed by atoms with Crippen LogP contribution in [0.3, 0.4) is 0 Å². The largest absolute Gasteiger partial charge is 0.449 e. The smallest absolute Gasteiger partial charge is 0.291 e. The van der Waals surface area contributed by atoms with E-state index >= 15 is 0 Å². The third-order valence-electron chi connectivity index (χ3n) is 5.29. The molecule has 2 aromatic carbocycles. The molecule has 1 saturated carbocycles. The van der Waals surface area contributed by atoms with Crippen LogP contribution in [0.1, 0.15) is 54.4 Å². The standard InChI is InChI=1S/C23H23ClN2O3/c24-17-10-7-15(8-11-17)13-21-23(28)26-19-14-16(9-12-20(19)29-21)22(27)25-18-5-3-1-2-4-6-18/h7-14,18H,1-6H2,(H,25,27)(H,26,28). The molecule has 0 bridgehead atoms. The molecule has 5 nitrogen and oxygen atoms in total. The van der Waals surface area contributed by atoms with Crippen LogP contribution in [-0.4, -0.2) is 17.9 Å². The minimum Gasteiger partial charge on any atom is -0.449 e. The van der Waals surface area contributed by atoms with Crippen molar-refractivity contribution >= 4 is 35.2 Å². The lowest BCUT2D eigenvalue weighted by atomic mass is 10.1. The molecule has 2 N–H and O–H groups in total. The van der Waals surface area contributed by atoms with Gasteiger partial charge < -0.3 is 15.4 Å². The number of rotatable bonds is 3. The van der Waals surface area contributed by atoms with Crippen LogP contribution >= 0.6 is 11.6 Å². The fourth-order valence-corrected chi connectivity index (χ4v) is 3.83. The molecule has 0 unspecified atom stereocenters. The number of fused-ring (bicyclic) bond motifs is 1. The maximum absolute atomic E-state index is 12.6. The monoisotopic (exact) mass is 410 g/mol. The average molecular weight is 411 g/mol. The second-order valence-electron chi connectivity index (χ2n) is 7.49. The zero-order valence-electron chi connectivity index (χ0n) is 16.0. The van der Waals surface area contributed by atoms with E-state index in [1.54, 1.807) is 36.4 Å². The molecule has 0 atom stereocenters. The number of carbonyl (C=O) groups excluding carboxylic acids is 2. The Morgan fingerprint density at radius 2 is 1.79 bits per heavy atom. The molecule has 2 aliphatic rings. The van der Waals surface area contributed by atoms with Crippen molar-refractivity contribution in [2.75, 3.05) is 5.32 Å². The summed E-state index contributed by atoms with van der Waals surface area (Å²) < 4.78 is 5.76. The van der Waals surface area contributed by atoms with E-state index in [1.807, 2.05) is 12.1 Å². The molecule has 0 spiro atoms. The maximum Gasteiger partial charge on any atom is 0.291 e. The molecular formula is C23H23ClN2O3. The predicted octanol–water partition coefficient (Wildman–Crippen LogP) is 5.16. The predicted molar refractivity (Wildman–Crippen MR) is 114 cm³/mol. The van der Waals surface area contributed by atoms with Crippen LogP contribution in [0, 0.1) is 0 Å². The lowest BCUT2D eigenvalue weighted by Crippen LogP contribution is -2.34. The van der Waals surface area contributed by atoms with Crippen LogP contribution < -0.4 is 15.4 Å². The molecule has 1 heterocycles. The first kappa shape index (κ1) is 19.5. The quantitative estimate of drug-likeness (QED) is 0.542. The molecule has 4 rings (SSSR count). The van der Waals surface area contributed by atoms with Crippen molar-refractivity contribution in [3.8, 4) is 5.75 Å².